The summed E-state index contributed by atoms with van der Waals surface area (Å²) in [6, 6.07) is 5.80. The van der Waals surface area contributed by atoms with E-state index in [0.717, 1.165) is 56.8 Å². The van der Waals surface area contributed by atoms with E-state index in [-0.39, 0.29) is 52.7 Å². The zero-order chi connectivity index (χ0) is 34.2. The van der Waals surface area contributed by atoms with Gasteiger partial charge in [0.2, 0.25) is 0 Å². The van der Waals surface area contributed by atoms with E-state index >= 15 is 0 Å². The fourth-order valence-corrected chi connectivity index (χ4v) is 6.62. The maximum absolute atomic E-state index is 13.4. The van der Waals surface area contributed by atoms with Crippen molar-refractivity contribution in [2.45, 2.75) is 72.1 Å². The van der Waals surface area contributed by atoms with Crippen molar-refractivity contribution in [3.63, 3.8) is 0 Å². The molecule has 5 heterocycles. The second-order valence-electron chi connectivity index (χ2n) is 11.9. The average Bonchev–Trinajstić information content (AvgIpc) is 3.74. The molecule has 0 saturated heterocycles. The quantitative estimate of drug-likeness (QED) is 0.146. The smallest absolute Gasteiger partial charge is 0.657 e. The normalized spacial score (nSPS) is 15.5. The van der Waals surface area contributed by atoms with Gasteiger partial charge in [0, 0.05) is 35.2 Å². The number of carbonyl (C=O) groups excluding carboxylic acids is 3. The van der Waals surface area contributed by atoms with Crippen molar-refractivity contribution in [3.8, 4) is 0 Å². The minimum Gasteiger partial charge on any atom is -0.657 e. The van der Waals surface area contributed by atoms with Crippen LogP contribution in [-0.4, -0.2) is 49.2 Å². The molecule has 0 N–H and O–H groups in total. The van der Waals surface area contributed by atoms with Crippen LogP contribution in [0.3, 0.4) is 0 Å². The fourth-order valence-electron chi connectivity index (χ4n) is 6.62. The van der Waals surface area contributed by atoms with Crippen LogP contribution in [0.4, 0.5) is 0 Å². The number of rotatable bonds is 8. The predicted molar refractivity (Wildman–Crippen MR) is 181 cm³/mol. The molecule has 48 heavy (non-hydrogen) atoms. The number of allylic oxidation sites excluding steroid dienone is 2. The fraction of sp³-hybridized carbons (Fsp3) is 0.378. The van der Waals surface area contributed by atoms with Gasteiger partial charge in [0.15, 0.2) is 0 Å². The number of ether oxygens (including phenoxy) is 3. The van der Waals surface area contributed by atoms with Gasteiger partial charge in [-0.05, 0) is 55.9 Å². The molecule has 2 aliphatic rings. The maximum atomic E-state index is 13.4. The van der Waals surface area contributed by atoms with Crippen molar-refractivity contribution in [3.05, 3.63) is 75.4 Å². The standard InChI is InChI=1S/C37H41N4O6.Ni/c1-10-22-18(3)26-15-28-20(5)24(12-13-32(42)45-7)35(40-28)25(14-33(43)46-8)36-34(37(44)47-9)21(6)29(41-36)17-31-23(11-2)19(4)27(39-31)16-30(22)38-26;/h10,15-17,20,24H,1,11-14H2,2-9H3,(H-,38,39,40,41,44);/q-1;+2/p-1. The molecule has 0 spiro atoms. The van der Waals surface area contributed by atoms with Crippen LogP contribution >= 0.6 is 0 Å². The first-order valence-electron chi connectivity index (χ1n) is 15.7. The molecule has 3 aromatic heterocycles. The number of hydrogen-bond donors (Lipinski definition) is 0. The van der Waals surface area contributed by atoms with Gasteiger partial charge in [0.25, 0.3) is 0 Å². The Hall–Kier alpha value is -4.50. The van der Waals surface area contributed by atoms with E-state index in [2.05, 4.69) is 13.5 Å². The number of aromatic nitrogens is 4. The Labute approximate surface area is 290 Å². The Kier molecular flexibility index (Phi) is 11.2. The van der Waals surface area contributed by atoms with Crippen molar-refractivity contribution in [1.29, 1.82) is 0 Å². The molecule has 0 saturated carbocycles. The maximum Gasteiger partial charge on any atom is 2.00 e. The Morgan fingerprint density at radius 3 is 2.19 bits per heavy atom. The van der Waals surface area contributed by atoms with Gasteiger partial charge in [-0.1, -0.05) is 55.8 Å². The van der Waals surface area contributed by atoms with Crippen molar-refractivity contribution in [1.82, 2.24) is 19.9 Å². The van der Waals surface area contributed by atoms with E-state index in [0.29, 0.717) is 34.3 Å². The zero-order valence-electron chi connectivity index (χ0n) is 28.6. The van der Waals surface area contributed by atoms with E-state index in [1.165, 1.54) is 21.3 Å². The van der Waals surface area contributed by atoms with Crippen LogP contribution in [-0.2, 0) is 46.7 Å². The van der Waals surface area contributed by atoms with Gasteiger partial charge in [0.1, 0.15) is 0 Å². The minimum atomic E-state index is -0.587. The Morgan fingerprint density at radius 2 is 1.56 bits per heavy atom. The summed E-state index contributed by atoms with van der Waals surface area (Å²) in [6.07, 6.45) is 2.86. The van der Waals surface area contributed by atoms with Gasteiger partial charge in [-0.2, -0.15) is 0 Å². The number of fused-ring (bicyclic) bond motifs is 8. The first kappa shape index (κ1) is 36.3. The van der Waals surface area contributed by atoms with Crippen molar-refractivity contribution < 1.29 is 45.1 Å². The second kappa shape index (κ2) is 14.7. The zero-order valence-corrected chi connectivity index (χ0v) is 29.5. The summed E-state index contributed by atoms with van der Waals surface area (Å²) >= 11 is 0. The molecule has 8 bridgehead atoms. The molecule has 254 valence electrons. The van der Waals surface area contributed by atoms with E-state index < -0.39 is 11.9 Å². The van der Waals surface area contributed by atoms with E-state index in [9.17, 15) is 14.4 Å². The average molecular weight is 695 g/mol. The van der Waals surface area contributed by atoms with Crippen LogP contribution in [0.15, 0.2) is 24.8 Å². The summed E-state index contributed by atoms with van der Waals surface area (Å²) < 4.78 is 15.3. The summed E-state index contributed by atoms with van der Waals surface area (Å²) in [7, 11) is 3.97. The molecular weight excluding hydrogens is 655 g/mol. The molecule has 3 aromatic rings. The minimum absolute atomic E-state index is 0. The number of esters is 3. The molecule has 11 heteroatoms. The van der Waals surface area contributed by atoms with Crippen LogP contribution in [0.5, 0.6) is 0 Å². The Balaban J connectivity index is 0.00000520. The van der Waals surface area contributed by atoms with Gasteiger partial charge >= 0.3 is 34.4 Å². The molecule has 5 rings (SSSR count). The Bertz CT molecular complexity index is 2000. The van der Waals surface area contributed by atoms with Crippen molar-refractivity contribution in [2.24, 2.45) is 0 Å². The number of aryl methyl sites for hydroxylation is 2. The van der Waals surface area contributed by atoms with Gasteiger partial charge in [-0.3, -0.25) is 14.6 Å². The molecule has 0 aliphatic carbocycles. The second-order valence-corrected chi connectivity index (χ2v) is 11.9. The van der Waals surface area contributed by atoms with Gasteiger partial charge < -0.3 is 24.2 Å². The molecule has 2 aliphatic heterocycles. The van der Waals surface area contributed by atoms with Crippen LogP contribution in [0.2, 0.25) is 0 Å². The first-order chi connectivity index (χ1) is 22.5. The molecule has 0 fully saturated rings. The van der Waals surface area contributed by atoms with Gasteiger partial charge in [-0.25, -0.2) is 9.78 Å². The predicted octanol–water partition coefficient (Wildman–Crippen LogP) is 6.51. The third-order valence-electron chi connectivity index (χ3n) is 9.40. The monoisotopic (exact) mass is 694 g/mol. The molecule has 10 nitrogen and oxygen atoms in total. The largest absolute Gasteiger partial charge is 2.00 e. The first-order valence-corrected chi connectivity index (χ1v) is 15.7. The third kappa shape index (κ3) is 6.48. The summed E-state index contributed by atoms with van der Waals surface area (Å²) in [6.45, 7) is 14.0. The van der Waals surface area contributed by atoms with Crippen molar-refractivity contribution in [2.75, 3.05) is 21.3 Å². The van der Waals surface area contributed by atoms with E-state index in [1.807, 2.05) is 39.0 Å². The molecule has 2 unspecified atom stereocenters. The number of carbonyl (C=O) groups is 3. The summed E-state index contributed by atoms with van der Waals surface area (Å²) in [4.78, 5) is 58.9. The summed E-state index contributed by atoms with van der Waals surface area (Å²) in [5.41, 5.74) is 10.3. The summed E-state index contributed by atoms with van der Waals surface area (Å²) in [5.74, 6) is -1.95. The van der Waals surface area contributed by atoms with Gasteiger partial charge in [-0.15, -0.1) is 22.1 Å². The molecule has 0 radical (unpaired) electrons. The van der Waals surface area contributed by atoms with E-state index in [4.69, 9.17) is 34.1 Å². The molecular formula is C37H40N4NiO6. The Morgan fingerprint density at radius 1 is 0.896 bits per heavy atom. The third-order valence-corrected chi connectivity index (χ3v) is 9.40. The molecule has 2 atom stereocenters. The van der Waals surface area contributed by atoms with Crippen LogP contribution < -0.4 is 9.97 Å². The van der Waals surface area contributed by atoms with Crippen LogP contribution in [0.1, 0.15) is 107 Å². The SMILES string of the molecule is C=Cc1c(C)c2cc3nc(c(CC(=O)OC)c4[n-]c(cc5nc(cc1[n-]2)C(C)=C5CC)c(C)c4C(=O)OC)C(CCC(=O)OC)C3C.[Ni+2]. The van der Waals surface area contributed by atoms with E-state index in [1.54, 1.807) is 13.0 Å². The number of nitrogens with zero attached hydrogens (tertiary/aromatic N) is 4. The number of methoxy groups -OCH3 is 3. The van der Waals surface area contributed by atoms with Gasteiger partial charge in [0.05, 0.1) is 39.1 Å². The molecule has 0 amide bonds. The van der Waals surface area contributed by atoms with Crippen LogP contribution in [0, 0.1) is 13.8 Å². The van der Waals surface area contributed by atoms with Crippen molar-refractivity contribution >= 4 is 57.2 Å². The molecule has 0 aromatic carbocycles. The summed E-state index contributed by atoms with van der Waals surface area (Å²) in [5, 5.41) is 0. The number of hydrogen-bond acceptors (Lipinski definition) is 8. The van der Waals surface area contributed by atoms with Crippen LogP contribution in [0.25, 0.3) is 39.3 Å². The topological polar surface area (TPSA) is 133 Å².